The molecule has 1 saturated heterocycles. The molecule has 0 aliphatic carbocycles. The fourth-order valence-electron chi connectivity index (χ4n) is 1.73. The van der Waals surface area contributed by atoms with Gasteiger partial charge in [0.15, 0.2) is 5.82 Å². The van der Waals surface area contributed by atoms with Gasteiger partial charge in [-0.1, -0.05) is 0 Å². The van der Waals surface area contributed by atoms with Gasteiger partial charge in [0.1, 0.15) is 9.74 Å². The van der Waals surface area contributed by atoms with Crippen molar-refractivity contribution in [3.05, 3.63) is 15.8 Å². The van der Waals surface area contributed by atoms with E-state index in [0.29, 0.717) is 10.2 Å². The second kappa shape index (κ2) is 4.92. The van der Waals surface area contributed by atoms with Crippen molar-refractivity contribution in [2.24, 2.45) is 0 Å². The van der Waals surface area contributed by atoms with E-state index in [4.69, 9.17) is 0 Å². The van der Waals surface area contributed by atoms with Gasteiger partial charge in [-0.3, -0.25) is 0 Å². The molecule has 1 aliphatic heterocycles. The number of halogens is 4. The molecule has 1 unspecified atom stereocenters. The van der Waals surface area contributed by atoms with Crippen LogP contribution in [0.4, 0.5) is 19.0 Å². The van der Waals surface area contributed by atoms with Gasteiger partial charge in [-0.25, -0.2) is 0 Å². The van der Waals surface area contributed by atoms with Crippen LogP contribution in [0.25, 0.3) is 0 Å². The van der Waals surface area contributed by atoms with Crippen molar-refractivity contribution in [3.8, 4) is 0 Å². The van der Waals surface area contributed by atoms with Crippen molar-refractivity contribution >= 4 is 28.4 Å². The van der Waals surface area contributed by atoms with Gasteiger partial charge >= 0.3 is 6.18 Å². The van der Waals surface area contributed by atoms with Crippen LogP contribution in [0.2, 0.25) is 0 Å². The Morgan fingerprint density at radius 3 is 2.71 bits per heavy atom. The highest BCUT2D eigenvalue weighted by molar-refractivity contribution is 14.1. The van der Waals surface area contributed by atoms with Crippen LogP contribution in [-0.2, 0) is 0 Å². The van der Waals surface area contributed by atoms with Gasteiger partial charge in [-0.15, -0.1) is 10.2 Å². The predicted molar refractivity (Wildman–Crippen MR) is 64.8 cm³/mol. The lowest BCUT2D eigenvalue weighted by molar-refractivity contribution is -0.149. The van der Waals surface area contributed by atoms with E-state index in [2.05, 4.69) is 15.5 Å². The summed E-state index contributed by atoms with van der Waals surface area (Å²) in [6.07, 6.45) is -4.27. The molecule has 2 heterocycles. The molecule has 4 nitrogen and oxygen atoms in total. The van der Waals surface area contributed by atoms with Gasteiger partial charge in [0, 0.05) is 19.6 Å². The Balaban J connectivity index is 2.25. The van der Waals surface area contributed by atoms with Gasteiger partial charge in [0.25, 0.3) is 0 Å². The Morgan fingerprint density at radius 2 is 2.12 bits per heavy atom. The second-order valence-corrected chi connectivity index (χ2v) is 4.77. The third-order valence-electron chi connectivity index (χ3n) is 2.53. The average Bonchev–Trinajstić information content (AvgIpc) is 2.29. The largest absolute Gasteiger partial charge is 0.410 e. The number of rotatable bonds is 1. The van der Waals surface area contributed by atoms with Crippen LogP contribution in [0.5, 0.6) is 0 Å². The summed E-state index contributed by atoms with van der Waals surface area (Å²) in [6.45, 7) is 0.677. The zero-order valence-electron chi connectivity index (χ0n) is 8.71. The molecule has 94 valence electrons. The number of alkyl halides is 3. The summed E-state index contributed by atoms with van der Waals surface area (Å²) in [7, 11) is 0. The maximum atomic E-state index is 12.8. The van der Waals surface area contributed by atoms with Crippen LogP contribution >= 0.6 is 22.6 Å². The Labute approximate surface area is 110 Å². The number of aromatic nitrogens is 2. The molecule has 0 saturated carbocycles. The molecule has 1 N–H and O–H groups in total. The van der Waals surface area contributed by atoms with Gasteiger partial charge in [0.05, 0.1) is 0 Å². The van der Waals surface area contributed by atoms with Crippen molar-refractivity contribution < 1.29 is 13.2 Å². The van der Waals surface area contributed by atoms with E-state index in [9.17, 15) is 13.2 Å². The quantitative estimate of drug-likeness (QED) is 0.772. The van der Waals surface area contributed by atoms with Crippen molar-refractivity contribution in [3.63, 3.8) is 0 Å². The summed E-state index contributed by atoms with van der Waals surface area (Å²) in [6, 6.07) is 1.68. The molecule has 17 heavy (non-hydrogen) atoms. The van der Waals surface area contributed by atoms with Gasteiger partial charge < -0.3 is 10.2 Å². The van der Waals surface area contributed by atoms with Gasteiger partial charge in [0.2, 0.25) is 0 Å². The Bertz CT molecular complexity index is 381. The molecule has 0 spiro atoms. The Hall–Kier alpha value is -0.640. The third kappa shape index (κ3) is 2.97. The maximum absolute atomic E-state index is 12.8. The summed E-state index contributed by atoms with van der Waals surface area (Å²) in [5.74, 6) is 0.272. The monoisotopic (exact) mass is 358 g/mol. The maximum Gasteiger partial charge on any atom is 0.410 e. The third-order valence-corrected chi connectivity index (χ3v) is 3.11. The summed E-state index contributed by atoms with van der Waals surface area (Å²) in [5.41, 5.74) is 0. The summed E-state index contributed by atoms with van der Waals surface area (Å²) < 4.78 is 39.1. The van der Waals surface area contributed by atoms with Crippen LogP contribution in [-0.4, -0.2) is 42.0 Å². The number of hydrogen-bond donors (Lipinski definition) is 1. The number of nitrogens with zero attached hydrogens (tertiary/aromatic N) is 3. The van der Waals surface area contributed by atoms with Crippen LogP contribution in [0.1, 0.15) is 0 Å². The number of anilines is 1. The standard InChI is InChI=1S/C9H10F3IN4/c10-9(11,12)6-5-14-3-4-17(6)8-2-1-7(13)15-16-8/h1-2,6,14H,3-5H2. The predicted octanol–water partition coefficient (Wildman–Crippen LogP) is 1.42. The second-order valence-electron chi connectivity index (χ2n) is 3.67. The average molecular weight is 358 g/mol. The zero-order valence-corrected chi connectivity index (χ0v) is 10.9. The van der Waals surface area contributed by atoms with Gasteiger partial charge in [-0.05, 0) is 34.7 Å². The minimum Gasteiger partial charge on any atom is -0.341 e. The first kappa shape index (κ1) is 12.8. The molecule has 0 bridgehead atoms. The topological polar surface area (TPSA) is 41.0 Å². The lowest BCUT2D eigenvalue weighted by atomic mass is 10.2. The number of nitrogens with one attached hydrogen (secondary N) is 1. The minimum atomic E-state index is -4.27. The molecule has 0 amide bonds. The molecule has 8 heteroatoms. The van der Waals surface area contributed by atoms with E-state index < -0.39 is 12.2 Å². The van der Waals surface area contributed by atoms with Gasteiger partial charge in [-0.2, -0.15) is 13.2 Å². The molecule has 0 aromatic carbocycles. The smallest absolute Gasteiger partial charge is 0.341 e. The molecule has 1 atom stereocenters. The first-order valence-corrected chi connectivity index (χ1v) is 6.09. The summed E-state index contributed by atoms with van der Waals surface area (Å²) >= 11 is 1.96. The summed E-state index contributed by atoms with van der Waals surface area (Å²) in [4.78, 5) is 1.25. The molecular weight excluding hydrogens is 348 g/mol. The highest BCUT2D eigenvalue weighted by atomic mass is 127. The molecule has 1 aromatic heterocycles. The Morgan fingerprint density at radius 1 is 1.35 bits per heavy atom. The van der Waals surface area contributed by atoms with Crippen LogP contribution < -0.4 is 10.2 Å². The number of piperazine rings is 1. The van der Waals surface area contributed by atoms with Crippen LogP contribution in [0, 0.1) is 3.70 Å². The highest BCUT2D eigenvalue weighted by Crippen LogP contribution is 2.28. The fourth-order valence-corrected chi connectivity index (χ4v) is 2.02. The van der Waals surface area contributed by atoms with E-state index in [-0.39, 0.29) is 18.9 Å². The van der Waals surface area contributed by atoms with E-state index >= 15 is 0 Å². The van der Waals surface area contributed by atoms with E-state index in [1.807, 2.05) is 22.6 Å². The highest BCUT2D eigenvalue weighted by Gasteiger charge is 2.45. The molecule has 2 rings (SSSR count). The molecular formula is C9H10F3IN4. The molecule has 1 fully saturated rings. The minimum absolute atomic E-state index is 0.114. The molecule has 1 aliphatic rings. The SMILES string of the molecule is FC(F)(F)C1CNCCN1c1ccc(I)nn1. The number of hydrogen-bond acceptors (Lipinski definition) is 4. The first-order valence-electron chi connectivity index (χ1n) is 5.02. The van der Waals surface area contributed by atoms with Crippen molar-refractivity contribution in [2.45, 2.75) is 12.2 Å². The lowest BCUT2D eigenvalue weighted by Crippen LogP contribution is -2.58. The summed E-state index contributed by atoms with van der Waals surface area (Å²) in [5, 5.41) is 10.3. The zero-order chi connectivity index (χ0) is 12.5. The van der Waals surface area contributed by atoms with Crippen molar-refractivity contribution in [1.29, 1.82) is 0 Å². The Kier molecular flexibility index (Phi) is 3.71. The van der Waals surface area contributed by atoms with Crippen molar-refractivity contribution in [2.75, 3.05) is 24.5 Å². The van der Waals surface area contributed by atoms with Crippen LogP contribution in [0.15, 0.2) is 12.1 Å². The van der Waals surface area contributed by atoms with E-state index in [0.717, 1.165) is 0 Å². The van der Waals surface area contributed by atoms with E-state index in [1.165, 1.54) is 4.90 Å². The molecule has 1 aromatic rings. The first-order chi connectivity index (χ1) is 7.98. The van der Waals surface area contributed by atoms with E-state index in [1.54, 1.807) is 12.1 Å². The van der Waals surface area contributed by atoms with Crippen LogP contribution in [0.3, 0.4) is 0 Å². The lowest BCUT2D eigenvalue weighted by Gasteiger charge is -2.37. The molecule has 0 radical (unpaired) electrons. The normalized spacial score (nSPS) is 21.6. The fraction of sp³-hybridized carbons (Fsp3) is 0.556. The van der Waals surface area contributed by atoms with Crippen molar-refractivity contribution in [1.82, 2.24) is 15.5 Å².